The summed E-state index contributed by atoms with van der Waals surface area (Å²) in [6.45, 7) is 9.99. The number of nitrogens with one attached hydrogen (secondary N) is 1. The van der Waals surface area contributed by atoms with Gasteiger partial charge in [-0.25, -0.2) is 17.4 Å². The van der Waals surface area contributed by atoms with E-state index in [9.17, 15) is 22.2 Å². The molecule has 0 radical (unpaired) electrons. The largest absolute Gasteiger partial charge is 0.416 e. The molecule has 0 bridgehead atoms. The van der Waals surface area contributed by atoms with Gasteiger partial charge in [-0.05, 0) is 59.5 Å². The second-order valence-electron chi connectivity index (χ2n) is 11.3. The number of nitrogens with zero attached hydrogens (tertiary/aromatic N) is 1. The first-order valence-corrected chi connectivity index (χ1v) is 19.6. The van der Waals surface area contributed by atoms with Crippen molar-refractivity contribution in [3.63, 3.8) is 0 Å². The summed E-state index contributed by atoms with van der Waals surface area (Å²) in [6, 6.07) is 21.1. The van der Waals surface area contributed by atoms with Gasteiger partial charge in [0.25, 0.3) is 5.91 Å². The highest BCUT2D eigenvalue weighted by Gasteiger charge is 2.23. The Kier molecular flexibility index (Phi) is 14.4. The minimum Gasteiger partial charge on any atom is -0.416 e. The number of benzene rings is 3. The van der Waals surface area contributed by atoms with Crippen LogP contribution in [0.4, 0.5) is 0 Å². The van der Waals surface area contributed by atoms with Crippen molar-refractivity contribution in [3.8, 4) is 11.3 Å². The van der Waals surface area contributed by atoms with Crippen LogP contribution in [0, 0.1) is 0 Å². The van der Waals surface area contributed by atoms with Crippen LogP contribution in [0.25, 0.3) is 11.3 Å². The van der Waals surface area contributed by atoms with Gasteiger partial charge >= 0.3 is 5.76 Å². The Bertz CT molecular complexity index is 1890. The molecule has 1 aromatic heterocycles. The van der Waals surface area contributed by atoms with Crippen LogP contribution in [-0.4, -0.2) is 66.3 Å². The first-order valence-electron chi connectivity index (χ1n) is 16.0. The molecule has 0 saturated carbocycles. The normalized spacial score (nSPS) is 14.1. The maximum atomic E-state index is 12.6. The van der Waals surface area contributed by atoms with E-state index < -0.39 is 25.3 Å². The number of ether oxygens (including phenoxy) is 1. The van der Waals surface area contributed by atoms with E-state index in [0.717, 1.165) is 41.6 Å². The fourth-order valence-electron chi connectivity index (χ4n) is 4.77. The number of H-pyrrole nitrogens is 1. The van der Waals surface area contributed by atoms with E-state index in [1.54, 1.807) is 24.0 Å². The van der Waals surface area contributed by atoms with Gasteiger partial charge in [0.05, 0.1) is 44.8 Å². The Morgan fingerprint density at radius 2 is 1.35 bits per heavy atom. The topological polar surface area (TPSA) is 153 Å². The Morgan fingerprint density at radius 1 is 0.833 bits per heavy atom. The molecular formula is C36H47N3O7S2. The van der Waals surface area contributed by atoms with Gasteiger partial charge in [0.2, 0.25) is 0 Å². The molecule has 1 aliphatic rings. The molecule has 1 atom stereocenters. The van der Waals surface area contributed by atoms with E-state index in [2.05, 4.69) is 29.1 Å². The van der Waals surface area contributed by atoms with Crippen molar-refractivity contribution in [2.24, 2.45) is 5.14 Å². The molecule has 0 spiro atoms. The lowest BCUT2D eigenvalue weighted by atomic mass is 10.1. The first kappa shape index (κ1) is 38.5. The molecule has 260 valence electrons. The molecule has 3 aromatic carbocycles. The zero-order valence-corrected chi connectivity index (χ0v) is 29.8. The molecule has 1 aliphatic heterocycles. The number of carbonyl (C=O) groups excluding carboxylic acids is 1. The highest BCUT2D eigenvalue weighted by Crippen LogP contribution is 2.20. The van der Waals surface area contributed by atoms with E-state index in [4.69, 9.17) is 9.88 Å². The first-order chi connectivity index (χ1) is 22.8. The number of amides is 1. The van der Waals surface area contributed by atoms with Gasteiger partial charge in [-0.2, -0.15) is 0 Å². The van der Waals surface area contributed by atoms with Crippen LogP contribution < -0.4 is 10.9 Å². The maximum Gasteiger partial charge on any atom is 0.416 e. The summed E-state index contributed by atoms with van der Waals surface area (Å²) in [6.07, 6.45) is 4.23. The number of carbonyl (C=O) groups is 1. The Balaban J connectivity index is 0.000000200. The summed E-state index contributed by atoms with van der Waals surface area (Å²) >= 11 is 0. The number of hydrogen-bond acceptors (Lipinski definition) is 7. The molecule has 1 fully saturated rings. The minimum atomic E-state index is -2.92. The van der Waals surface area contributed by atoms with Gasteiger partial charge in [0, 0.05) is 24.4 Å². The lowest BCUT2D eigenvalue weighted by molar-refractivity contribution is 0.0300. The van der Waals surface area contributed by atoms with Crippen molar-refractivity contribution < 1.29 is 26.6 Å². The van der Waals surface area contributed by atoms with E-state index in [-0.39, 0.29) is 17.4 Å². The summed E-state index contributed by atoms with van der Waals surface area (Å²) in [4.78, 5) is 28.0. The summed E-state index contributed by atoms with van der Waals surface area (Å²) in [5.41, 5.74) is 6.49. The summed E-state index contributed by atoms with van der Waals surface area (Å²) < 4.78 is 44.6. The number of morpholine rings is 1. The van der Waals surface area contributed by atoms with Gasteiger partial charge in [0.15, 0.2) is 9.84 Å². The van der Waals surface area contributed by atoms with Crippen LogP contribution in [0.15, 0.2) is 87.1 Å². The van der Waals surface area contributed by atoms with Crippen LogP contribution in [0.3, 0.4) is 0 Å². The zero-order valence-electron chi connectivity index (χ0n) is 28.2. The van der Waals surface area contributed by atoms with Crippen molar-refractivity contribution in [1.29, 1.82) is 0 Å². The standard InChI is InChI=1S/C14H20N2O3S.C11H11NO2.C11H16O2S/c1-3-11-4-5-13(20(2,15)18)12(10-11)14(17)16-6-8-19-9-7-16;1-2-8-3-5-9(6-4-8)10-7-14-11(13)12-10;1-3-10-5-7-11(8-6-10)9-14(12,13)4-2/h4-5,10H,2-3,6-9H2,1H3,(H2,15,18);3-7H,2H2,1H3,(H,12,13);5-8H,3-4,9H2,1-2H3. The summed E-state index contributed by atoms with van der Waals surface area (Å²) in [7, 11) is -5.81. The van der Waals surface area contributed by atoms with Crippen molar-refractivity contribution in [2.75, 3.05) is 32.1 Å². The monoisotopic (exact) mass is 697 g/mol. The van der Waals surface area contributed by atoms with Crippen LogP contribution in [0.1, 0.15) is 60.3 Å². The molecule has 12 heteroatoms. The zero-order chi connectivity index (χ0) is 35.3. The van der Waals surface area contributed by atoms with E-state index in [0.29, 0.717) is 36.8 Å². The third-order valence-electron chi connectivity index (χ3n) is 7.80. The van der Waals surface area contributed by atoms with E-state index >= 15 is 0 Å². The predicted molar refractivity (Wildman–Crippen MR) is 193 cm³/mol. The van der Waals surface area contributed by atoms with Crippen LogP contribution in [0.5, 0.6) is 0 Å². The number of sulfone groups is 1. The average molecular weight is 698 g/mol. The number of nitrogens with two attached hydrogens (primary N) is 1. The summed E-state index contributed by atoms with van der Waals surface area (Å²) in [5.74, 6) is 3.30. The third kappa shape index (κ3) is 11.6. The number of rotatable bonds is 9. The Labute approximate surface area is 284 Å². The fourth-order valence-corrected chi connectivity index (χ4v) is 6.49. The lowest BCUT2D eigenvalue weighted by Gasteiger charge is -2.27. The number of hydrogen-bond donors (Lipinski definition) is 2. The lowest BCUT2D eigenvalue weighted by Crippen LogP contribution is -2.41. The van der Waals surface area contributed by atoms with Gasteiger partial charge in [-0.1, -0.05) is 82.3 Å². The van der Waals surface area contributed by atoms with Crippen molar-refractivity contribution in [1.82, 2.24) is 9.88 Å². The van der Waals surface area contributed by atoms with Crippen LogP contribution in [-0.2, 0) is 49.3 Å². The van der Waals surface area contributed by atoms with Gasteiger partial charge in [0.1, 0.15) is 6.26 Å². The second-order valence-corrected chi connectivity index (χ2v) is 15.5. The molecule has 3 N–H and O–H groups in total. The molecule has 1 amide bonds. The van der Waals surface area contributed by atoms with Gasteiger partial charge in [-0.15, -0.1) is 0 Å². The molecule has 48 heavy (non-hydrogen) atoms. The fraction of sp³-hybridized carbons (Fsp3) is 0.361. The quantitative estimate of drug-likeness (QED) is 0.232. The highest BCUT2D eigenvalue weighted by molar-refractivity contribution is 7.98. The minimum absolute atomic E-state index is 0.152. The highest BCUT2D eigenvalue weighted by atomic mass is 32.2. The number of oxazole rings is 1. The number of aromatic nitrogens is 1. The SMILES string of the molecule is C=S(N)(=O)c1ccc(CC)cc1C(=O)N1CCOCC1.CCc1ccc(-c2coc(=O)[nH]2)cc1.CCc1ccc(CS(=O)(=O)CC)cc1. The molecule has 10 nitrogen and oxygen atoms in total. The molecule has 1 saturated heterocycles. The molecule has 0 aliphatic carbocycles. The third-order valence-corrected chi connectivity index (χ3v) is 10.6. The molecular weight excluding hydrogens is 651 g/mol. The van der Waals surface area contributed by atoms with Crippen molar-refractivity contribution in [3.05, 3.63) is 111 Å². The second kappa shape index (κ2) is 18.0. The molecule has 2 heterocycles. The molecule has 1 unspecified atom stereocenters. The Morgan fingerprint density at radius 3 is 1.83 bits per heavy atom. The van der Waals surface area contributed by atoms with E-state index in [1.807, 2.05) is 61.5 Å². The molecule has 5 rings (SSSR count). The predicted octanol–water partition coefficient (Wildman–Crippen LogP) is 5.05. The van der Waals surface area contributed by atoms with Crippen molar-refractivity contribution in [2.45, 2.75) is 57.6 Å². The molecule has 4 aromatic rings. The van der Waals surface area contributed by atoms with Crippen LogP contribution in [0.2, 0.25) is 0 Å². The summed E-state index contributed by atoms with van der Waals surface area (Å²) in [5, 5.41) is 5.64. The Hall–Kier alpha value is -3.97. The van der Waals surface area contributed by atoms with Gasteiger partial charge < -0.3 is 14.1 Å². The average Bonchev–Trinajstić information content (AvgIpc) is 3.54. The van der Waals surface area contributed by atoms with Crippen LogP contribution >= 0.6 is 0 Å². The maximum absolute atomic E-state index is 12.6. The number of aromatic amines is 1. The van der Waals surface area contributed by atoms with Gasteiger partial charge in [-0.3, -0.25) is 14.9 Å². The smallest absolute Gasteiger partial charge is 0.416 e. The van der Waals surface area contributed by atoms with E-state index in [1.165, 1.54) is 17.4 Å². The number of aryl methyl sites for hydroxylation is 3. The van der Waals surface area contributed by atoms with Crippen molar-refractivity contribution >= 4 is 31.3 Å².